The number of nitrogens with one attached hydrogen (secondary N) is 3. The predicted octanol–water partition coefficient (Wildman–Crippen LogP) is 2.73. The fourth-order valence-electron chi connectivity index (χ4n) is 1.71. The minimum atomic E-state index is -0.0661. The van der Waals surface area contributed by atoms with E-state index in [2.05, 4.69) is 27.9 Å². The Morgan fingerprint density at radius 1 is 1.24 bits per heavy atom. The van der Waals surface area contributed by atoms with Crippen molar-refractivity contribution in [2.75, 3.05) is 18.4 Å². The summed E-state index contributed by atoms with van der Waals surface area (Å²) in [5.74, 6) is 0.753. The highest BCUT2D eigenvalue weighted by atomic mass is 127. The van der Waals surface area contributed by atoms with E-state index in [0.29, 0.717) is 6.54 Å². The van der Waals surface area contributed by atoms with E-state index in [0.717, 1.165) is 36.7 Å². The fraction of sp³-hybridized carbons (Fsp3) is 0.467. The van der Waals surface area contributed by atoms with Gasteiger partial charge < -0.3 is 16.0 Å². The Kier molecular flexibility index (Phi) is 10.7. The van der Waals surface area contributed by atoms with Gasteiger partial charge in [-0.1, -0.05) is 19.1 Å². The van der Waals surface area contributed by atoms with Crippen LogP contribution in [0.2, 0.25) is 0 Å². The first-order chi connectivity index (χ1) is 9.65. The summed E-state index contributed by atoms with van der Waals surface area (Å²) in [4.78, 5) is 15.6. The molecule has 0 heterocycles. The van der Waals surface area contributed by atoms with Crippen LogP contribution in [-0.2, 0) is 11.3 Å². The molecule has 118 valence electrons. The summed E-state index contributed by atoms with van der Waals surface area (Å²) in [5, 5.41) is 9.23. The SMILES string of the molecule is CCCNC(=NCc1cccc(NC(C)=O)c1)NCC.I. The van der Waals surface area contributed by atoms with Crippen LogP contribution < -0.4 is 16.0 Å². The van der Waals surface area contributed by atoms with E-state index >= 15 is 0 Å². The number of carbonyl (C=O) groups is 1. The highest BCUT2D eigenvalue weighted by Gasteiger charge is 1.99. The van der Waals surface area contributed by atoms with E-state index in [1.807, 2.05) is 31.2 Å². The molecule has 0 aromatic heterocycles. The third kappa shape index (κ3) is 8.54. The van der Waals surface area contributed by atoms with Crippen molar-refractivity contribution in [1.82, 2.24) is 10.6 Å². The van der Waals surface area contributed by atoms with Crippen LogP contribution in [0.5, 0.6) is 0 Å². The van der Waals surface area contributed by atoms with Gasteiger partial charge in [-0.05, 0) is 31.0 Å². The Bertz CT molecular complexity index is 463. The molecule has 0 saturated carbocycles. The number of carbonyl (C=O) groups excluding carboxylic acids is 1. The monoisotopic (exact) mass is 404 g/mol. The Morgan fingerprint density at radius 2 is 2.00 bits per heavy atom. The average molecular weight is 404 g/mol. The number of anilines is 1. The van der Waals surface area contributed by atoms with Gasteiger partial charge in [0.1, 0.15) is 0 Å². The zero-order valence-corrected chi connectivity index (χ0v) is 15.2. The molecular formula is C15H25IN4O. The third-order valence-electron chi connectivity index (χ3n) is 2.55. The molecule has 1 rings (SSSR count). The van der Waals surface area contributed by atoms with Crippen LogP contribution in [0.3, 0.4) is 0 Å². The van der Waals surface area contributed by atoms with Crippen LogP contribution in [-0.4, -0.2) is 25.0 Å². The molecular weight excluding hydrogens is 379 g/mol. The Hall–Kier alpha value is -1.31. The van der Waals surface area contributed by atoms with Gasteiger partial charge in [0.2, 0.25) is 5.91 Å². The van der Waals surface area contributed by atoms with Gasteiger partial charge in [-0.3, -0.25) is 4.79 Å². The summed E-state index contributed by atoms with van der Waals surface area (Å²) < 4.78 is 0. The molecule has 1 amide bonds. The molecule has 1 aromatic rings. The number of hydrogen-bond donors (Lipinski definition) is 3. The molecule has 3 N–H and O–H groups in total. The maximum absolute atomic E-state index is 11.0. The smallest absolute Gasteiger partial charge is 0.221 e. The molecule has 0 bridgehead atoms. The summed E-state index contributed by atoms with van der Waals surface area (Å²) >= 11 is 0. The molecule has 0 radical (unpaired) electrons. The number of benzene rings is 1. The van der Waals surface area contributed by atoms with Crippen molar-refractivity contribution in [3.8, 4) is 0 Å². The molecule has 6 heteroatoms. The largest absolute Gasteiger partial charge is 0.357 e. The van der Waals surface area contributed by atoms with Gasteiger partial charge in [-0.25, -0.2) is 4.99 Å². The first-order valence-electron chi connectivity index (χ1n) is 7.04. The highest BCUT2D eigenvalue weighted by molar-refractivity contribution is 14.0. The fourth-order valence-corrected chi connectivity index (χ4v) is 1.71. The van der Waals surface area contributed by atoms with Crippen LogP contribution in [0, 0.1) is 0 Å². The normalized spacial score (nSPS) is 10.5. The molecule has 0 spiro atoms. The predicted molar refractivity (Wildman–Crippen MR) is 99.3 cm³/mol. The van der Waals surface area contributed by atoms with E-state index in [9.17, 15) is 4.79 Å². The molecule has 21 heavy (non-hydrogen) atoms. The van der Waals surface area contributed by atoms with Gasteiger partial charge in [0, 0.05) is 25.7 Å². The molecule has 0 aliphatic heterocycles. The molecule has 0 aliphatic carbocycles. The minimum absolute atomic E-state index is 0. The first kappa shape index (κ1) is 19.7. The van der Waals surface area contributed by atoms with Crippen molar-refractivity contribution in [3.63, 3.8) is 0 Å². The number of hydrogen-bond acceptors (Lipinski definition) is 2. The van der Waals surface area contributed by atoms with E-state index in [1.54, 1.807) is 0 Å². The topological polar surface area (TPSA) is 65.5 Å². The quantitative estimate of drug-likeness (QED) is 0.388. The molecule has 0 aliphatic rings. The van der Waals surface area contributed by atoms with Crippen molar-refractivity contribution in [2.45, 2.75) is 33.7 Å². The van der Waals surface area contributed by atoms with Crippen LogP contribution in [0.1, 0.15) is 32.8 Å². The van der Waals surface area contributed by atoms with E-state index < -0.39 is 0 Å². The zero-order chi connectivity index (χ0) is 14.8. The van der Waals surface area contributed by atoms with Gasteiger partial charge in [0.15, 0.2) is 5.96 Å². The van der Waals surface area contributed by atoms with Crippen molar-refractivity contribution in [2.24, 2.45) is 4.99 Å². The molecule has 0 fully saturated rings. The third-order valence-corrected chi connectivity index (χ3v) is 2.55. The van der Waals surface area contributed by atoms with Crippen LogP contribution in [0.25, 0.3) is 0 Å². The lowest BCUT2D eigenvalue weighted by Gasteiger charge is -2.10. The second kappa shape index (κ2) is 11.4. The molecule has 0 saturated heterocycles. The number of rotatable bonds is 6. The number of aliphatic imine (C=N–C) groups is 1. The standard InChI is InChI=1S/C15H24N4O.HI/c1-4-9-17-15(16-5-2)18-11-13-7-6-8-14(10-13)19-12(3)20;/h6-8,10H,4-5,9,11H2,1-3H3,(H,19,20)(H2,16,17,18);1H. The van der Waals surface area contributed by atoms with Gasteiger partial charge in [0.05, 0.1) is 6.54 Å². The number of guanidine groups is 1. The van der Waals surface area contributed by atoms with Gasteiger partial charge in [-0.2, -0.15) is 0 Å². The van der Waals surface area contributed by atoms with Gasteiger partial charge >= 0.3 is 0 Å². The Morgan fingerprint density at radius 3 is 2.62 bits per heavy atom. The number of halogens is 1. The zero-order valence-electron chi connectivity index (χ0n) is 12.9. The van der Waals surface area contributed by atoms with E-state index in [1.165, 1.54) is 6.92 Å². The summed E-state index contributed by atoms with van der Waals surface area (Å²) in [7, 11) is 0. The summed E-state index contributed by atoms with van der Waals surface area (Å²) in [6, 6.07) is 7.73. The highest BCUT2D eigenvalue weighted by Crippen LogP contribution is 2.11. The number of nitrogens with zero attached hydrogens (tertiary/aromatic N) is 1. The van der Waals surface area contributed by atoms with Crippen molar-refractivity contribution in [1.29, 1.82) is 0 Å². The van der Waals surface area contributed by atoms with E-state index in [-0.39, 0.29) is 29.9 Å². The van der Waals surface area contributed by atoms with Gasteiger partial charge in [0.25, 0.3) is 0 Å². The van der Waals surface area contributed by atoms with E-state index in [4.69, 9.17) is 0 Å². The van der Waals surface area contributed by atoms with Crippen LogP contribution in [0.4, 0.5) is 5.69 Å². The van der Waals surface area contributed by atoms with Gasteiger partial charge in [-0.15, -0.1) is 24.0 Å². The molecule has 0 atom stereocenters. The Balaban J connectivity index is 0.00000400. The van der Waals surface area contributed by atoms with Crippen molar-refractivity contribution in [3.05, 3.63) is 29.8 Å². The van der Waals surface area contributed by atoms with Crippen molar-refractivity contribution >= 4 is 41.5 Å². The maximum Gasteiger partial charge on any atom is 0.221 e. The summed E-state index contributed by atoms with van der Waals surface area (Å²) in [6.07, 6.45) is 1.06. The van der Waals surface area contributed by atoms with Crippen molar-refractivity contribution < 1.29 is 4.79 Å². The maximum atomic E-state index is 11.0. The minimum Gasteiger partial charge on any atom is -0.357 e. The Labute approximate surface area is 144 Å². The number of amides is 1. The summed E-state index contributed by atoms with van der Waals surface area (Å²) in [5.41, 5.74) is 1.86. The van der Waals surface area contributed by atoms with Crippen LogP contribution >= 0.6 is 24.0 Å². The lowest BCUT2D eigenvalue weighted by Crippen LogP contribution is -2.37. The average Bonchev–Trinajstić information content (AvgIpc) is 2.41. The first-order valence-corrected chi connectivity index (χ1v) is 7.04. The lowest BCUT2D eigenvalue weighted by molar-refractivity contribution is -0.114. The van der Waals surface area contributed by atoms with Crippen LogP contribution in [0.15, 0.2) is 29.3 Å². The second-order valence-corrected chi connectivity index (χ2v) is 4.50. The molecule has 0 unspecified atom stereocenters. The second-order valence-electron chi connectivity index (χ2n) is 4.50. The molecule has 1 aromatic carbocycles. The lowest BCUT2D eigenvalue weighted by atomic mass is 10.2. The molecule has 5 nitrogen and oxygen atoms in total. The summed E-state index contributed by atoms with van der Waals surface area (Å²) in [6.45, 7) is 7.97.